The van der Waals surface area contributed by atoms with Crippen LogP contribution in [-0.2, 0) is 6.42 Å². The Morgan fingerprint density at radius 3 is 2.67 bits per heavy atom. The Bertz CT molecular complexity index is 942. The molecule has 2 aromatic carbocycles. The van der Waals surface area contributed by atoms with E-state index < -0.39 is 11.7 Å². The van der Waals surface area contributed by atoms with Crippen LogP contribution in [0.5, 0.6) is 11.5 Å². The van der Waals surface area contributed by atoms with Gasteiger partial charge in [-0.2, -0.15) is 4.98 Å². The van der Waals surface area contributed by atoms with Crippen molar-refractivity contribution in [3.8, 4) is 23.0 Å². The van der Waals surface area contributed by atoms with E-state index in [9.17, 15) is 9.18 Å². The predicted molar refractivity (Wildman–Crippen MR) is 95.3 cm³/mol. The summed E-state index contributed by atoms with van der Waals surface area (Å²) in [5.74, 6) is 0.0638. The fourth-order valence-corrected chi connectivity index (χ4v) is 2.50. The van der Waals surface area contributed by atoms with Crippen molar-refractivity contribution in [3.05, 3.63) is 59.7 Å². The molecule has 0 atom stereocenters. The molecule has 27 heavy (non-hydrogen) atoms. The third kappa shape index (κ3) is 4.22. The normalized spacial score (nSPS) is 10.5. The summed E-state index contributed by atoms with van der Waals surface area (Å²) in [5.41, 5.74) is 1.11. The molecule has 0 unspecified atom stereocenters. The van der Waals surface area contributed by atoms with E-state index in [-0.39, 0.29) is 17.3 Å². The summed E-state index contributed by atoms with van der Waals surface area (Å²) in [6, 6.07) is 11.5. The van der Waals surface area contributed by atoms with Crippen LogP contribution < -0.4 is 14.8 Å². The second-order valence-corrected chi connectivity index (χ2v) is 5.60. The van der Waals surface area contributed by atoms with Gasteiger partial charge in [0.25, 0.3) is 17.6 Å². The number of amides is 1. The van der Waals surface area contributed by atoms with Gasteiger partial charge in [0.2, 0.25) is 0 Å². The molecule has 0 aliphatic carbocycles. The van der Waals surface area contributed by atoms with Crippen molar-refractivity contribution in [2.45, 2.75) is 6.42 Å². The molecule has 1 N–H and O–H groups in total. The Morgan fingerprint density at radius 1 is 1.15 bits per heavy atom. The maximum atomic E-state index is 13.7. The van der Waals surface area contributed by atoms with Crippen molar-refractivity contribution in [2.24, 2.45) is 0 Å². The molecule has 0 aliphatic rings. The van der Waals surface area contributed by atoms with Crippen molar-refractivity contribution >= 4 is 5.91 Å². The third-order valence-corrected chi connectivity index (χ3v) is 3.88. The molecule has 0 radical (unpaired) electrons. The van der Waals surface area contributed by atoms with Crippen LogP contribution in [0.4, 0.5) is 4.39 Å². The number of aromatic nitrogens is 2. The Hall–Kier alpha value is -3.42. The van der Waals surface area contributed by atoms with Crippen LogP contribution in [0.25, 0.3) is 11.5 Å². The monoisotopic (exact) mass is 371 g/mol. The summed E-state index contributed by atoms with van der Waals surface area (Å²) in [6.45, 7) is 0.359. The topological polar surface area (TPSA) is 86.5 Å². The van der Waals surface area contributed by atoms with Crippen molar-refractivity contribution in [3.63, 3.8) is 0 Å². The molecule has 1 aromatic heterocycles. The highest BCUT2D eigenvalue weighted by atomic mass is 19.1. The maximum absolute atomic E-state index is 13.7. The molecular formula is C19H18FN3O4. The molecule has 1 heterocycles. The van der Waals surface area contributed by atoms with Crippen LogP contribution in [0.1, 0.15) is 16.2 Å². The SMILES string of the molecule is COc1ccc(CCNC(=O)c2noc(-c3ccccc3F)n2)cc1OC. The summed E-state index contributed by atoms with van der Waals surface area (Å²) in [5, 5.41) is 6.31. The molecule has 0 fully saturated rings. The van der Waals surface area contributed by atoms with Crippen LogP contribution in [0.3, 0.4) is 0 Å². The number of hydrogen-bond acceptors (Lipinski definition) is 6. The number of carbonyl (C=O) groups excluding carboxylic acids is 1. The first kappa shape index (κ1) is 18.4. The van der Waals surface area contributed by atoms with Crippen LogP contribution in [-0.4, -0.2) is 36.8 Å². The third-order valence-electron chi connectivity index (χ3n) is 3.88. The van der Waals surface area contributed by atoms with E-state index >= 15 is 0 Å². The van der Waals surface area contributed by atoms with Gasteiger partial charge in [-0.15, -0.1) is 0 Å². The van der Waals surface area contributed by atoms with E-state index in [0.717, 1.165) is 5.56 Å². The van der Waals surface area contributed by atoms with E-state index in [1.165, 1.54) is 12.1 Å². The molecule has 3 rings (SSSR count). The minimum absolute atomic E-state index is 0.0434. The average Bonchev–Trinajstić information content (AvgIpc) is 3.18. The van der Waals surface area contributed by atoms with Gasteiger partial charge in [0, 0.05) is 6.54 Å². The lowest BCUT2D eigenvalue weighted by Crippen LogP contribution is -2.26. The second-order valence-electron chi connectivity index (χ2n) is 5.60. The van der Waals surface area contributed by atoms with Gasteiger partial charge in [-0.1, -0.05) is 23.4 Å². The van der Waals surface area contributed by atoms with Crippen molar-refractivity contribution in [2.75, 3.05) is 20.8 Å². The minimum Gasteiger partial charge on any atom is -0.493 e. The first-order valence-corrected chi connectivity index (χ1v) is 8.20. The summed E-state index contributed by atoms with van der Waals surface area (Å²) < 4.78 is 29.2. The van der Waals surface area contributed by atoms with Crippen LogP contribution in [0, 0.1) is 5.82 Å². The van der Waals surface area contributed by atoms with Crippen molar-refractivity contribution in [1.82, 2.24) is 15.5 Å². The highest BCUT2D eigenvalue weighted by Crippen LogP contribution is 2.27. The molecule has 0 aliphatic heterocycles. The predicted octanol–water partition coefficient (Wildman–Crippen LogP) is 2.87. The van der Waals surface area contributed by atoms with Crippen molar-refractivity contribution in [1.29, 1.82) is 0 Å². The lowest BCUT2D eigenvalue weighted by molar-refractivity contribution is 0.0941. The number of rotatable bonds is 7. The minimum atomic E-state index is -0.499. The Labute approximate surface area is 155 Å². The maximum Gasteiger partial charge on any atom is 0.292 e. The van der Waals surface area contributed by atoms with Gasteiger partial charge in [0.1, 0.15) is 5.82 Å². The van der Waals surface area contributed by atoms with Crippen molar-refractivity contribution < 1.29 is 23.2 Å². The molecule has 3 aromatic rings. The molecule has 0 spiro atoms. The zero-order valence-electron chi connectivity index (χ0n) is 14.9. The van der Waals surface area contributed by atoms with Gasteiger partial charge in [-0.25, -0.2) is 4.39 Å². The van der Waals surface area contributed by atoms with E-state index in [1.807, 2.05) is 12.1 Å². The first-order valence-electron chi connectivity index (χ1n) is 8.20. The summed E-state index contributed by atoms with van der Waals surface area (Å²) in [4.78, 5) is 16.1. The zero-order valence-corrected chi connectivity index (χ0v) is 14.9. The summed E-state index contributed by atoms with van der Waals surface area (Å²) >= 11 is 0. The van der Waals surface area contributed by atoms with Crippen LogP contribution in [0.15, 0.2) is 47.0 Å². The lowest BCUT2D eigenvalue weighted by Gasteiger charge is -2.09. The van der Waals surface area contributed by atoms with E-state index in [1.54, 1.807) is 32.4 Å². The highest BCUT2D eigenvalue weighted by Gasteiger charge is 2.17. The van der Waals surface area contributed by atoms with Crippen LogP contribution in [0.2, 0.25) is 0 Å². The van der Waals surface area contributed by atoms with Gasteiger partial charge in [-0.05, 0) is 36.2 Å². The van der Waals surface area contributed by atoms with Gasteiger partial charge in [0.15, 0.2) is 11.5 Å². The van der Waals surface area contributed by atoms with Crippen LogP contribution >= 0.6 is 0 Å². The zero-order chi connectivity index (χ0) is 19.2. The fraction of sp³-hybridized carbons (Fsp3) is 0.211. The molecule has 7 nitrogen and oxygen atoms in total. The van der Waals surface area contributed by atoms with E-state index in [2.05, 4.69) is 15.5 Å². The summed E-state index contributed by atoms with van der Waals surface area (Å²) in [7, 11) is 3.13. The Kier molecular flexibility index (Phi) is 5.65. The molecule has 1 amide bonds. The van der Waals surface area contributed by atoms with E-state index in [0.29, 0.717) is 24.5 Å². The number of ether oxygens (including phenoxy) is 2. The Morgan fingerprint density at radius 2 is 1.93 bits per heavy atom. The lowest BCUT2D eigenvalue weighted by atomic mass is 10.1. The van der Waals surface area contributed by atoms with Gasteiger partial charge in [-0.3, -0.25) is 4.79 Å². The van der Waals surface area contributed by atoms with E-state index in [4.69, 9.17) is 14.0 Å². The number of carbonyl (C=O) groups is 1. The van der Waals surface area contributed by atoms with Gasteiger partial charge in [0.05, 0.1) is 19.8 Å². The number of benzene rings is 2. The largest absolute Gasteiger partial charge is 0.493 e. The first-order chi connectivity index (χ1) is 13.1. The smallest absolute Gasteiger partial charge is 0.292 e. The molecule has 0 bridgehead atoms. The van der Waals surface area contributed by atoms with Gasteiger partial charge >= 0.3 is 0 Å². The molecule has 0 saturated carbocycles. The molecule has 140 valence electrons. The quantitative estimate of drug-likeness (QED) is 0.687. The number of methoxy groups -OCH3 is 2. The second kappa shape index (κ2) is 8.31. The Balaban J connectivity index is 1.60. The molecule has 8 heteroatoms. The summed E-state index contributed by atoms with van der Waals surface area (Å²) in [6.07, 6.45) is 0.574. The standard InChI is InChI=1S/C19H18FN3O4/c1-25-15-8-7-12(11-16(15)26-2)9-10-21-18(24)17-22-19(27-23-17)13-5-3-4-6-14(13)20/h3-8,11H,9-10H2,1-2H3,(H,21,24). The molecule has 0 saturated heterocycles. The number of nitrogens with one attached hydrogen (secondary N) is 1. The molecular weight excluding hydrogens is 353 g/mol. The fourth-order valence-electron chi connectivity index (χ4n) is 2.50. The average molecular weight is 371 g/mol. The number of halogens is 1. The number of nitrogens with zero attached hydrogens (tertiary/aromatic N) is 2. The van der Waals surface area contributed by atoms with Gasteiger partial charge < -0.3 is 19.3 Å². The highest BCUT2D eigenvalue weighted by molar-refractivity contribution is 5.90. The number of hydrogen-bond donors (Lipinski definition) is 1.